The third-order valence-corrected chi connectivity index (χ3v) is 8.44. The zero-order valence-electron chi connectivity index (χ0n) is 23.4. The van der Waals surface area contributed by atoms with Gasteiger partial charge in [0.25, 0.3) is 0 Å². The van der Waals surface area contributed by atoms with E-state index in [4.69, 9.17) is 34.4 Å². The second kappa shape index (κ2) is 11.4. The van der Waals surface area contributed by atoms with Crippen molar-refractivity contribution in [1.82, 2.24) is 0 Å². The van der Waals surface area contributed by atoms with Crippen LogP contribution in [-0.2, 0) is 0 Å². The first-order valence-corrected chi connectivity index (χ1v) is 14.6. The summed E-state index contributed by atoms with van der Waals surface area (Å²) in [6, 6.07) is 39.2. The average molecular weight is 581 g/mol. The van der Waals surface area contributed by atoms with Crippen LogP contribution in [0.2, 0.25) is 0 Å². The summed E-state index contributed by atoms with van der Waals surface area (Å²) in [5, 5.41) is 0. The summed E-state index contributed by atoms with van der Waals surface area (Å²) in [7, 11) is 0. The van der Waals surface area contributed by atoms with Crippen LogP contribution in [0.4, 0.5) is 34.1 Å². The van der Waals surface area contributed by atoms with Gasteiger partial charge in [0.05, 0.1) is 0 Å². The van der Waals surface area contributed by atoms with Crippen LogP contribution in [0, 0.1) is 0 Å². The maximum Gasteiger partial charge on any atom is 0.0400 e. The molecule has 0 aliphatic rings. The summed E-state index contributed by atoms with van der Waals surface area (Å²) in [5.74, 6) is 0. The molecule has 6 rings (SSSR count). The van der Waals surface area contributed by atoms with E-state index < -0.39 is 0 Å². The molecule has 43 heavy (non-hydrogen) atoms. The first kappa shape index (κ1) is 27.6. The Labute approximate surface area is 255 Å². The lowest BCUT2D eigenvalue weighted by Gasteiger charge is -2.21. The van der Waals surface area contributed by atoms with Gasteiger partial charge in [-0.2, -0.15) is 0 Å². The van der Waals surface area contributed by atoms with E-state index in [1.54, 1.807) is 11.8 Å². The van der Waals surface area contributed by atoms with Crippen molar-refractivity contribution in [2.45, 2.75) is 9.79 Å². The van der Waals surface area contributed by atoms with Gasteiger partial charge in [-0.25, -0.2) is 0 Å². The number of benzene rings is 6. The molecule has 0 aliphatic carbocycles. The zero-order valence-corrected chi connectivity index (χ0v) is 24.2. The minimum absolute atomic E-state index is 0.640. The normalized spacial score (nSPS) is 11.0. The van der Waals surface area contributed by atoms with Crippen molar-refractivity contribution in [1.29, 1.82) is 0 Å². The van der Waals surface area contributed by atoms with Crippen LogP contribution in [-0.4, -0.2) is 0 Å². The van der Waals surface area contributed by atoms with Crippen LogP contribution in [0.5, 0.6) is 0 Å². The molecule has 6 aromatic carbocycles. The van der Waals surface area contributed by atoms with E-state index in [1.165, 1.54) is 0 Å². The van der Waals surface area contributed by atoms with Gasteiger partial charge in [0.2, 0.25) is 0 Å². The molecule has 7 heteroatoms. The number of anilines is 6. The quantitative estimate of drug-likeness (QED) is 0.109. The van der Waals surface area contributed by atoms with Gasteiger partial charge in [0.1, 0.15) is 0 Å². The number of nitrogens with two attached hydrogens (primary N) is 6. The number of hydrogen-bond acceptors (Lipinski definition) is 7. The second-order valence-electron chi connectivity index (χ2n) is 10.4. The molecule has 212 valence electrons. The molecule has 0 fully saturated rings. The number of hydrogen-bond donors (Lipinski definition) is 6. The summed E-state index contributed by atoms with van der Waals surface area (Å²) >= 11 is 1.63. The third kappa shape index (κ3) is 5.54. The molecule has 0 radical (unpaired) electrons. The van der Waals surface area contributed by atoms with Gasteiger partial charge in [0.15, 0.2) is 0 Å². The molecule has 0 aliphatic heterocycles. The van der Waals surface area contributed by atoms with Gasteiger partial charge in [-0.3, -0.25) is 0 Å². The van der Waals surface area contributed by atoms with E-state index in [1.807, 2.05) is 121 Å². The maximum atomic E-state index is 6.69. The van der Waals surface area contributed by atoms with Crippen molar-refractivity contribution in [3.8, 4) is 44.5 Å². The van der Waals surface area contributed by atoms with Crippen molar-refractivity contribution < 1.29 is 0 Å². The van der Waals surface area contributed by atoms with Crippen LogP contribution in [0.3, 0.4) is 0 Å². The summed E-state index contributed by atoms with van der Waals surface area (Å²) < 4.78 is 0. The first-order chi connectivity index (χ1) is 20.8. The van der Waals surface area contributed by atoms with Crippen molar-refractivity contribution in [3.63, 3.8) is 0 Å². The fourth-order valence-electron chi connectivity index (χ4n) is 5.46. The van der Waals surface area contributed by atoms with Gasteiger partial charge in [-0.05, 0) is 95.1 Å². The van der Waals surface area contributed by atoms with E-state index in [9.17, 15) is 0 Å². The van der Waals surface area contributed by atoms with Crippen LogP contribution in [0.1, 0.15) is 0 Å². The molecular formula is C36H32N6S. The van der Waals surface area contributed by atoms with Crippen molar-refractivity contribution in [2.24, 2.45) is 0 Å². The Morgan fingerprint density at radius 2 is 0.628 bits per heavy atom. The van der Waals surface area contributed by atoms with Gasteiger partial charge in [0, 0.05) is 66.2 Å². The predicted octanol–water partition coefficient (Wildman–Crippen LogP) is 8.00. The highest BCUT2D eigenvalue weighted by molar-refractivity contribution is 7.99. The predicted molar refractivity (Wildman–Crippen MR) is 185 cm³/mol. The standard InChI is InChI=1S/C36H32N6S/c37-25-9-1-5-21(17-25)33-29(41)13-15-31(35(33)23-7-3-11-27(39)19-23)43-32-16-14-30(42)34(22-6-2-10-26(38)18-22)36(32)24-8-4-12-28(40)20-24/h1-20H,37-42H2. The fourth-order valence-corrected chi connectivity index (χ4v) is 6.61. The summed E-state index contributed by atoms with van der Waals surface area (Å²) in [4.78, 5) is 1.98. The SMILES string of the molecule is Nc1cccc(-c2c(N)ccc(Sc3ccc(N)c(-c4cccc(N)c4)c3-c3cccc(N)c3)c2-c2cccc(N)c2)c1. The Morgan fingerprint density at radius 3 is 0.930 bits per heavy atom. The molecule has 6 aromatic rings. The molecule has 0 amide bonds. The van der Waals surface area contributed by atoms with Crippen molar-refractivity contribution >= 4 is 45.9 Å². The topological polar surface area (TPSA) is 156 Å². The molecule has 0 spiro atoms. The number of rotatable bonds is 6. The Kier molecular flexibility index (Phi) is 7.32. The molecule has 0 aromatic heterocycles. The van der Waals surface area contributed by atoms with Crippen LogP contribution in [0.25, 0.3) is 44.5 Å². The maximum absolute atomic E-state index is 6.69. The molecule has 0 heterocycles. The lowest BCUT2D eigenvalue weighted by Crippen LogP contribution is -1.99. The van der Waals surface area contributed by atoms with Gasteiger partial charge < -0.3 is 34.4 Å². The molecule has 0 unspecified atom stereocenters. The molecule has 0 atom stereocenters. The summed E-state index contributed by atoms with van der Waals surface area (Å²) in [6.07, 6.45) is 0. The Bertz CT molecular complexity index is 1840. The monoisotopic (exact) mass is 580 g/mol. The van der Waals surface area contributed by atoms with Crippen LogP contribution < -0.4 is 34.4 Å². The van der Waals surface area contributed by atoms with E-state index in [-0.39, 0.29) is 0 Å². The Morgan fingerprint density at radius 1 is 0.326 bits per heavy atom. The smallest absolute Gasteiger partial charge is 0.0400 e. The fraction of sp³-hybridized carbons (Fsp3) is 0. The minimum Gasteiger partial charge on any atom is -0.399 e. The Balaban J connectivity index is 1.64. The molecule has 0 saturated carbocycles. The average Bonchev–Trinajstić information content (AvgIpc) is 2.98. The Hall–Kier alpha value is -5.53. The zero-order chi connectivity index (χ0) is 30.1. The molecular weight excluding hydrogens is 549 g/mol. The van der Waals surface area contributed by atoms with Crippen LogP contribution >= 0.6 is 11.8 Å². The number of nitrogen functional groups attached to an aromatic ring is 6. The summed E-state index contributed by atoms with van der Waals surface area (Å²) in [5.41, 5.74) is 49.7. The molecule has 0 saturated heterocycles. The van der Waals surface area contributed by atoms with Gasteiger partial charge in [-0.15, -0.1) is 0 Å². The van der Waals surface area contributed by atoms with E-state index >= 15 is 0 Å². The highest BCUT2D eigenvalue weighted by Gasteiger charge is 2.21. The van der Waals surface area contributed by atoms with E-state index in [2.05, 4.69) is 0 Å². The lowest BCUT2D eigenvalue weighted by atomic mass is 9.92. The van der Waals surface area contributed by atoms with Crippen molar-refractivity contribution in [2.75, 3.05) is 34.4 Å². The highest BCUT2D eigenvalue weighted by Crippen LogP contribution is 2.50. The molecule has 0 bridgehead atoms. The molecule has 6 nitrogen and oxygen atoms in total. The van der Waals surface area contributed by atoms with Crippen LogP contribution in [0.15, 0.2) is 131 Å². The minimum atomic E-state index is 0.640. The second-order valence-corrected chi connectivity index (χ2v) is 11.5. The third-order valence-electron chi connectivity index (χ3n) is 7.32. The van der Waals surface area contributed by atoms with Gasteiger partial charge >= 0.3 is 0 Å². The summed E-state index contributed by atoms with van der Waals surface area (Å²) in [6.45, 7) is 0. The molecule has 12 N–H and O–H groups in total. The van der Waals surface area contributed by atoms with E-state index in [0.29, 0.717) is 34.1 Å². The van der Waals surface area contributed by atoms with E-state index in [0.717, 1.165) is 54.3 Å². The van der Waals surface area contributed by atoms with Crippen molar-refractivity contribution in [3.05, 3.63) is 121 Å². The lowest BCUT2D eigenvalue weighted by molar-refractivity contribution is 1.39. The van der Waals surface area contributed by atoms with Gasteiger partial charge in [-0.1, -0.05) is 60.3 Å². The highest BCUT2D eigenvalue weighted by atomic mass is 32.2. The first-order valence-electron chi connectivity index (χ1n) is 13.7. The largest absolute Gasteiger partial charge is 0.399 e.